The SMILES string of the molecule is COc1cc(CN(C)CC2CCNCC2)c(OC)cc1Br. The van der Waals surface area contributed by atoms with E-state index in [0.717, 1.165) is 53.6 Å². The maximum atomic E-state index is 5.49. The molecule has 5 heteroatoms. The van der Waals surface area contributed by atoms with Gasteiger partial charge in [0.25, 0.3) is 0 Å². The number of hydrogen-bond acceptors (Lipinski definition) is 4. The van der Waals surface area contributed by atoms with E-state index in [1.54, 1.807) is 14.2 Å². The van der Waals surface area contributed by atoms with Gasteiger partial charge in [-0.05, 0) is 67.0 Å². The van der Waals surface area contributed by atoms with Crippen molar-refractivity contribution in [3.8, 4) is 11.5 Å². The maximum absolute atomic E-state index is 5.49. The van der Waals surface area contributed by atoms with Crippen LogP contribution in [0.2, 0.25) is 0 Å². The zero-order valence-corrected chi connectivity index (χ0v) is 14.7. The molecule has 1 aromatic carbocycles. The number of methoxy groups -OCH3 is 2. The van der Waals surface area contributed by atoms with Crippen molar-refractivity contribution < 1.29 is 9.47 Å². The fraction of sp³-hybridized carbons (Fsp3) is 0.625. The van der Waals surface area contributed by atoms with Crippen LogP contribution in [0.4, 0.5) is 0 Å². The van der Waals surface area contributed by atoms with Gasteiger partial charge >= 0.3 is 0 Å². The summed E-state index contributed by atoms with van der Waals surface area (Å²) < 4.78 is 11.8. The highest BCUT2D eigenvalue weighted by Gasteiger charge is 2.17. The Morgan fingerprint density at radius 2 is 1.86 bits per heavy atom. The molecule has 0 radical (unpaired) electrons. The Kier molecular flexibility index (Phi) is 6.33. The molecule has 0 spiro atoms. The Balaban J connectivity index is 2.03. The minimum absolute atomic E-state index is 0.791. The van der Waals surface area contributed by atoms with Gasteiger partial charge in [-0.15, -0.1) is 0 Å². The minimum Gasteiger partial charge on any atom is -0.496 e. The molecule has 1 aliphatic heterocycles. The summed E-state index contributed by atoms with van der Waals surface area (Å²) in [4.78, 5) is 2.38. The topological polar surface area (TPSA) is 33.7 Å². The van der Waals surface area contributed by atoms with Crippen LogP contribution in [0, 0.1) is 5.92 Å². The van der Waals surface area contributed by atoms with E-state index in [1.807, 2.05) is 6.07 Å². The Labute approximate surface area is 135 Å². The zero-order chi connectivity index (χ0) is 15.2. The van der Waals surface area contributed by atoms with Crippen molar-refractivity contribution in [2.45, 2.75) is 19.4 Å². The molecule has 21 heavy (non-hydrogen) atoms. The minimum atomic E-state index is 0.791. The molecule has 0 amide bonds. The molecule has 0 unspecified atom stereocenters. The zero-order valence-electron chi connectivity index (χ0n) is 13.1. The van der Waals surface area contributed by atoms with Crippen molar-refractivity contribution in [3.63, 3.8) is 0 Å². The van der Waals surface area contributed by atoms with Crippen LogP contribution in [0.5, 0.6) is 11.5 Å². The first-order chi connectivity index (χ1) is 10.1. The van der Waals surface area contributed by atoms with Crippen LogP contribution in [0.1, 0.15) is 18.4 Å². The summed E-state index contributed by atoms with van der Waals surface area (Å²) in [7, 11) is 5.58. The van der Waals surface area contributed by atoms with E-state index < -0.39 is 0 Å². The number of hydrogen-bond donors (Lipinski definition) is 1. The van der Waals surface area contributed by atoms with E-state index in [1.165, 1.54) is 12.8 Å². The Hall–Kier alpha value is -0.780. The van der Waals surface area contributed by atoms with Gasteiger partial charge in [-0.3, -0.25) is 0 Å². The van der Waals surface area contributed by atoms with Crippen molar-refractivity contribution in [1.29, 1.82) is 0 Å². The molecule has 4 nitrogen and oxygen atoms in total. The van der Waals surface area contributed by atoms with E-state index in [-0.39, 0.29) is 0 Å². The molecule has 1 fully saturated rings. The summed E-state index contributed by atoms with van der Waals surface area (Å²) in [6.45, 7) is 4.29. The van der Waals surface area contributed by atoms with E-state index in [4.69, 9.17) is 9.47 Å². The second kappa shape index (κ2) is 8.01. The lowest BCUT2D eigenvalue weighted by Crippen LogP contribution is -2.34. The number of halogens is 1. The van der Waals surface area contributed by atoms with Gasteiger partial charge in [-0.1, -0.05) is 0 Å². The Morgan fingerprint density at radius 1 is 1.19 bits per heavy atom. The monoisotopic (exact) mass is 356 g/mol. The van der Waals surface area contributed by atoms with Crippen LogP contribution in [-0.4, -0.2) is 45.8 Å². The van der Waals surface area contributed by atoms with Crippen LogP contribution >= 0.6 is 15.9 Å². The standard InChI is InChI=1S/C16H25BrN2O2/c1-19(10-12-4-6-18-7-5-12)11-13-8-16(21-3)14(17)9-15(13)20-2/h8-9,12,18H,4-7,10-11H2,1-3H3. The molecule has 0 saturated carbocycles. The first-order valence-corrected chi connectivity index (χ1v) is 8.23. The fourth-order valence-corrected chi connectivity index (χ4v) is 3.39. The van der Waals surface area contributed by atoms with E-state index >= 15 is 0 Å². The molecule has 1 aromatic rings. The highest BCUT2D eigenvalue weighted by molar-refractivity contribution is 9.10. The second-order valence-electron chi connectivity index (χ2n) is 5.69. The van der Waals surface area contributed by atoms with Crippen molar-refractivity contribution >= 4 is 15.9 Å². The molecule has 0 aromatic heterocycles. The van der Waals surface area contributed by atoms with Gasteiger partial charge in [0, 0.05) is 18.7 Å². The van der Waals surface area contributed by atoms with Gasteiger partial charge in [0.2, 0.25) is 0 Å². The van der Waals surface area contributed by atoms with Crippen molar-refractivity contribution in [2.24, 2.45) is 5.92 Å². The Bertz CT molecular complexity index is 462. The van der Waals surface area contributed by atoms with Crippen LogP contribution in [0.25, 0.3) is 0 Å². The molecule has 0 bridgehead atoms. The van der Waals surface area contributed by atoms with Gasteiger partial charge in [0.1, 0.15) is 11.5 Å². The number of rotatable bonds is 6. The average Bonchev–Trinajstić information content (AvgIpc) is 2.49. The summed E-state index contributed by atoms with van der Waals surface area (Å²) >= 11 is 3.50. The third-order valence-electron chi connectivity index (χ3n) is 4.02. The lowest BCUT2D eigenvalue weighted by molar-refractivity contribution is 0.232. The molecule has 1 heterocycles. The summed E-state index contributed by atoms with van der Waals surface area (Å²) in [6.07, 6.45) is 2.54. The van der Waals surface area contributed by atoms with Crippen molar-refractivity contribution in [2.75, 3.05) is 40.9 Å². The molecule has 0 aliphatic carbocycles. The first-order valence-electron chi connectivity index (χ1n) is 7.43. The summed E-state index contributed by atoms with van der Waals surface area (Å²) in [6, 6.07) is 4.04. The predicted molar refractivity (Wildman–Crippen MR) is 89.2 cm³/mol. The van der Waals surface area contributed by atoms with Gasteiger partial charge in [0.15, 0.2) is 0 Å². The number of ether oxygens (including phenoxy) is 2. The molecule has 2 rings (SSSR count). The third kappa shape index (κ3) is 4.59. The largest absolute Gasteiger partial charge is 0.496 e. The number of nitrogens with zero attached hydrogens (tertiary/aromatic N) is 1. The molecular formula is C16H25BrN2O2. The highest BCUT2D eigenvalue weighted by Crippen LogP contribution is 2.33. The lowest BCUT2D eigenvalue weighted by atomic mass is 9.97. The van der Waals surface area contributed by atoms with Gasteiger partial charge in [0.05, 0.1) is 18.7 Å². The number of piperidine rings is 1. The Morgan fingerprint density at radius 3 is 2.48 bits per heavy atom. The third-order valence-corrected chi connectivity index (χ3v) is 4.64. The van der Waals surface area contributed by atoms with Gasteiger partial charge in [-0.25, -0.2) is 0 Å². The highest BCUT2D eigenvalue weighted by atomic mass is 79.9. The smallest absolute Gasteiger partial charge is 0.133 e. The quantitative estimate of drug-likeness (QED) is 0.849. The van der Waals surface area contributed by atoms with E-state index in [0.29, 0.717) is 0 Å². The van der Waals surface area contributed by atoms with Crippen LogP contribution in [0.15, 0.2) is 16.6 Å². The van der Waals surface area contributed by atoms with Crippen LogP contribution in [0.3, 0.4) is 0 Å². The van der Waals surface area contributed by atoms with Crippen molar-refractivity contribution in [3.05, 3.63) is 22.2 Å². The fourth-order valence-electron chi connectivity index (χ4n) is 2.91. The second-order valence-corrected chi connectivity index (χ2v) is 6.54. The van der Waals surface area contributed by atoms with E-state index in [2.05, 4.69) is 39.3 Å². The van der Waals surface area contributed by atoms with Gasteiger partial charge < -0.3 is 19.7 Å². The van der Waals surface area contributed by atoms with Crippen molar-refractivity contribution in [1.82, 2.24) is 10.2 Å². The van der Waals surface area contributed by atoms with Crippen LogP contribution in [-0.2, 0) is 6.54 Å². The summed E-state index contributed by atoms with van der Waals surface area (Å²) in [5.74, 6) is 2.54. The summed E-state index contributed by atoms with van der Waals surface area (Å²) in [5, 5.41) is 3.42. The molecule has 1 saturated heterocycles. The maximum Gasteiger partial charge on any atom is 0.133 e. The molecule has 1 aliphatic rings. The molecule has 1 N–H and O–H groups in total. The molecular weight excluding hydrogens is 332 g/mol. The summed E-state index contributed by atoms with van der Waals surface area (Å²) in [5.41, 5.74) is 1.16. The van der Waals surface area contributed by atoms with Crippen LogP contribution < -0.4 is 14.8 Å². The van der Waals surface area contributed by atoms with E-state index in [9.17, 15) is 0 Å². The lowest BCUT2D eigenvalue weighted by Gasteiger charge is -2.28. The normalized spacial score (nSPS) is 16.2. The predicted octanol–water partition coefficient (Wildman–Crippen LogP) is 2.90. The number of nitrogens with one attached hydrogen (secondary N) is 1. The first kappa shape index (κ1) is 16.6. The average molecular weight is 357 g/mol. The molecule has 118 valence electrons. The van der Waals surface area contributed by atoms with Gasteiger partial charge in [-0.2, -0.15) is 0 Å². The number of benzene rings is 1. The molecule has 0 atom stereocenters.